The van der Waals surface area contributed by atoms with Crippen LogP contribution in [0.25, 0.3) is 0 Å². The van der Waals surface area contributed by atoms with Crippen molar-refractivity contribution in [2.75, 3.05) is 40.3 Å². The molecule has 162 valence electrons. The van der Waals surface area contributed by atoms with Crippen LogP contribution in [-0.4, -0.2) is 63.3 Å². The number of nitrogens with one attached hydrogen (secondary N) is 2. The smallest absolute Gasteiger partial charge is 0.191 e. The number of guanidine groups is 1. The number of benzene rings is 1. The van der Waals surface area contributed by atoms with Crippen LogP contribution in [0.3, 0.4) is 0 Å². The predicted octanol–water partition coefficient (Wildman–Crippen LogP) is 3.76. The molecular formula is C21H39IN4O2. The highest BCUT2D eigenvalue weighted by atomic mass is 127. The Morgan fingerprint density at radius 2 is 1.79 bits per heavy atom. The second kappa shape index (κ2) is 15.7. The second-order valence-corrected chi connectivity index (χ2v) is 6.75. The maximum atomic E-state index is 5.98. The van der Waals surface area contributed by atoms with E-state index in [2.05, 4.69) is 41.3 Å². The van der Waals surface area contributed by atoms with Crippen LogP contribution in [0.2, 0.25) is 0 Å². The van der Waals surface area contributed by atoms with E-state index in [0.717, 1.165) is 43.5 Å². The minimum absolute atomic E-state index is 0. The minimum Gasteiger partial charge on any atom is -0.493 e. The summed E-state index contributed by atoms with van der Waals surface area (Å²) in [6.07, 6.45) is 2.28. The van der Waals surface area contributed by atoms with Crippen molar-refractivity contribution in [1.29, 1.82) is 0 Å². The molecule has 1 rings (SSSR count). The van der Waals surface area contributed by atoms with Gasteiger partial charge in [-0.2, -0.15) is 0 Å². The molecule has 0 aliphatic rings. The first-order valence-corrected chi connectivity index (χ1v) is 10.0. The summed E-state index contributed by atoms with van der Waals surface area (Å²) in [6.45, 7) is 12.7. The number of aliphatic imine (C=N–C) groups is 1. The summed E-state index contributed by atoms with van der Waals surface area (Å²) in [7, 11) is 3.45. The molecule has 0 radical (unpaired) electrons. The Kier molecular flexibility index (Phi) is 15.0. The summed E-state index contributed by atoms with van der Waals surface area (Å²) in [4.78, 5) is 6.78. The van der Waals surface area contributed by atoms with E-state index in [0.29, 0.717) is 12.6 Å². The first-order chi connectivity index (χ1) is 13.0. The molecule has 0 amide bonds. The monoisotopic (exact) mass is 506 g/mol. The molecule has 0 saturated heterocycles. The van der Waals surface area contributed by atoms with Crippen LogP contribution in [0.1, 0.15) is 40.5 Å². The van der Waals surface area contributed by atoms with E-state index in [9.17, 15) is 0 Å². The number of nitrogens with zero attached hydrogens (tertiary/aromatic N) is 2. The van der Waals surface area contributed by atoms with Gasteiger partial charge >= 0.3 is 0 Å². The summed E-state index contributed by atoms with van der Waals surface area (Å²) in [5, 5.41) is 6.80. The molecule has 2 unspecified atom stereocenters. The first kappa shape index (κ1) is 26.8. The fourth-order valence-corrected chi connectivity index (χ4v) is 2.88. The van der Waals surface area contributed by atoms with E-state index in [-0.39, 0.29) is 30.1 Å². The quantitative estimate of drug-likeness (QED) is 0.257. The number of hydrogen-bond acceptors (Lipinski definition) is 4. The standard InChI is InChI=1S/C21H38N4O2.HI/c1-7-25(8-2)15-11-12-17(3)24-21(22-5)23-16-18(4)27-20-14-10-9-13-19(20)26-6;/h9-10,13-14,17-18H,7-8,11-12,15-16H2,1-6H3,(H2,22,23,24);1H. The topological polar surface area (TPSA) is 58.1 Å². The lowest BCUT2D eigenvalue weighted by molar-refractivity contribution is 0.213. The van der Waals surface area contributed by atoms with E-state index in [1.165, 1.54) is 6.42 Å². The molecule has 0 spiro atoms. The van der Waals surface area contributed by atoms with Crippen molar-refractivity contribution in [3.05, 3.63) is 24.3 Å². The summed E-state index contributed by atoms with van der Waals surface area (Å²) >= 11 is 0. The van der Waals surface area contributed by atoms with E-state index in [1.807, 2.05) is 31.2 Å². The van der Waals surface area contributed by atoms with Gasteiger partial charge in [0, 0.05) is 13.1 Å². The number of rotatable bonds is 12. The molecule has 7 heteroatoms. The van der Waals surface area contributed by atoms with Gasteiger partial charge in [0.25, 0.3) is 0 Å². The van der Waals surface area contributed by atoms with Crippen molar-refractivity contribution in [3.8, 4) is 11.5 Å². The maximum Gasteiger partial charge on any atom is 0.191 e. The molecule has 2 N–H and O–H groups in total. The first-order valence-electron chi connectivity index (χ1n) is 10.0. The normalized spacial score (nSPS) is 13.5. The lowest BCUT2D eigenvalue weighted by atomic mass is 10.2. The third kappa shape index (κ3) is 10.4. The lowest BCUT2D eigenvalue weighted by Crippen LogP contribution is -2.45. The number of halogens is 1. The van der Waals surface area contributed by atoms with Gasteiger partial charge in [0.2, 0.25) is 0 Å². The van der Waals surface area contributed by atoms with Crippen LogP contribution in [0.4, 0.5) is 0 Å². The van der Waals surface area contributed by atoms with Crippen LogP contribution >= 0.6 is 24.0 Å². The molecular weight excluding hydrogens is 467 g/mol. The fourth-order valence-electron chi connectivity index (χ4n) is 2.88. The molecule has 0 aliphatic carbocycles. The largest absolute Gasteiger partial charge is 0.493 e. The van der Waals surface area contributed by atoms with Crippen LogP contribution in [0.5, 0.6) is 11.5 Å². The Hall–Kier alpha value is -1.22. The van der Waals surface area contributed by atoms with Crippen molar-refractivity contribution in [1.82, 2.24) is 15.5 Å². The average molecular weight is 506 g/mol. The zero-order chi connectivity index (χ0) is 20.1. The molecule has 0 heterocycles. The molecule has 1 aromatic carbocycles. The third-order valence-electron chi connectivity index (χ3n) is 4.57. The van der Waals surface area contributed by atoms with Crippen molar-refractivity contribution >= 4 is 29.9 Å². The van der Waals surface area contributed by atoms with Crippen LogP contribution in [-0.2, 0) is 0 Å². The number of hydrogen-bond donors (Lipinski definition) is 2. The maximum absolute atomic E-state index is 5.98. The van der Waals surface area contributed by atoms with E-state index >= 15 is 0 Å². The van der Waals surface area contributed by atoms with E-state index in [1.54, 1.807) is 14.2 Å². The van der Waals surface area contributed by atoms with Gasteiger partial charge in [-0.1, -0.05) is 26.0 Å². The Balaban J connectivity index is 0.00000729. The molecule has 1 aromatic rings. The Morgan fingerprint density at radius 1 is 1.14 bits per heavy atom. The van der Waals surface area contributed by atoms with Gasteiger partial charge in [-0.25, -0.2) is 0 Å². The molecule has 0 fully saturated rings. The summed E-state index contributed by atoms with van der Waals surface area (Å²) in [5.74, 6) is 2.30. The zero-order valence-corrected chi connectivity index (χ0v) is 20.7. The minimum atomic E-state index is -0.0159. The Labute approximate surface area is 188 Å². The summed E-state index contributed by atoms with van der Waals surface area (Å²) in [6, 6.07) is 8.06. The molecule has 2 atom stereocenters. The molecule has 28 heavy (non-hydrogen) atoms. The van der Waals surface area contributed by atoms with Crippen molar-refractivity contribution in [2.45, 2.75) is 52.7 Å². The highest BCUT2D eigenvalue weighted by Crippen LogP contribution is 2.26. The summed E-state index contributed by atoms with van der Waals surface area (Å²) in [5.41, 5.74) is 0. The van der Waals surface area contributed by atoms with Gasteiger partial charge in [-0.15, -0.1) is 24.0 Å². The molecule has 0 bridgehead atoms. The third-order valence-corrected chi connectivity index (χ3v) is 4.57. The molecule has 0 aliphatic heterocycles. The lowest BCUT2D eigenvalue weighted by Gasteiger charge is -2.22. The molecule has 0 aromatic heterocycles. The Morgan fingerprint density at radius 3 is 2.36 bits per heavy atom. The molecule has 6 nitrogen and oxygen atoms in total. The average Bonchev–Trinajstić information content (AvgIpc) is 2.68. The number of ether oxygens (including phenoxy) is 2. The van der Waals surface area contributed by atoms with E-state index in [4.69, 9.17) is 9.47 Å². The highest BCUT2D eigenvalue weighted by Gasteiger charge is 2.11. The fraction of sp³-hybridized carbons (Fsp3) is 0.667. The second-order valence-electron chi connectivity index (χ2n) is 6.75. The van der Waals surface area contributed by atoms with Crippen LogP contribution in [0.15, 0.2) is 29.3 Å². The number of methoxy groups -OCH3 is 1. The van der Waals surface area contributed by atoms with Crippen molar-refractivity contribution in [3.63, 3.8) is 0 Å². The van der Waals surface area contributed by atoms with Gasteiger partial charge < -0.3 is 25.0 Å². The van der Waals surface area contributed by atoms with Crippen molar-refractivity contribution in [2.24, 2.45) is 4.99 Å². The molecule has 0 saturated carbocycles. The SMILES string of the molecule is CCN(CC)CCCC(C)NC(=NC)NCC(C)Oc1ccccc1OC.I. The van der Waals surface area contributed by atoms with Gasteiger partial charge in [-0.05, 0) is 58.5 Å². The highest BCUT2D eigenvalue weighted by molar-refractivity contribution is 14.0. The van der Waals surface area contributed by atoms with Crippen LogP contribution < -0.4 is 20.1 Å². The van der Waals surface area contributed by atoms with Crippen molar-refractivity contribution < 1.29 is 9.47 Å². The summed E-state index contributed by atoms with van der Waals surface area (Å²) < 4.78 is 11.3. The van der Waals surface area contributed by atoms with Gasteiger partial charge in [0.1, 0.15) is 6.10 Å². The predicted molar refractivity (Wildman–Crippen MR) is 129 cm³/mol. The van der Waals surface area contributed by atoms with Gasteiger partial charge in [-0.3, -0.25) is 4.99 Å². The number of para-hydroxylation sites is 2. The van der Waals surface area contributed by atoms with Gasteiger partial charge in [0.15, 0.2) is 17.5 Å². The zero-order valence-electron chi connectivity index (χ0n) is 18.3. The van der Waals surface area contributed by atoms with Gasteiger partial charge in [0.05, 0.1) is 13.7 Å². The van der Waals surface area contributed by atoms with E-state index < -0.39 is 0 Å². The van der Waals surface area contributed by atoms with Crippen LogP contribution in [0, 0.1) is 0 Å². The Bertz CT molecular complexity index is 553.